The predicted octanol–water partition coefficient (Wildman–Crippen LogP) is 3.29. The zero-order valence-electron chi connectivity index (χ0n) is 12.4. The number of rotatable bonds is 6. The van der Waals surface area contributed by atoms with Gasteiger partial charge in [0.2, 0.25) is 0 Å². The maximum atomic E-state index is 13.6. The lowest BCUT2D eigenvalue weighted by molar-refractivity contribution is 0.626. The molecule has 0 saturated carbocycles. The van der Waals surface area contributed by atoms with Crippen molar-refractivity contribution in [2.45, 2.75) is 33.2 Å². The van der Waals surface area contributed by atoms with E-state index in [0.29, 0.717) is 0 Å². The van der Waals surface area contributed by atoms with Crippen molar-refractivity contribution in [3.63, 3.8) is 0 Å². The van der Waals surface area contributed by atoms with Gasteiger partial charge in [0.05, 0.1) is 5.69 Å². The van der Waals surface area contributed by atoms with E-state index >= 15 is 0 Å². The molecule has 0 aliphatic rings. The summed E-state index contributed by atoms with van der Waals surface area (Å²) in [5.41, 5.74) is 4.14. The molecule has 2 aromatic rings. The highest BCUT2D eigenvalue weighted by molar-refractivity contribution is 5.69. The lowest BCUT2D eigenvalue weighted by Gasteiger charge is -2.10. The van der Waals surface area contributed by atoms with E-state index in [2.05, 4.69) is 24.3 Å². The third-order valence-electron chi connectivity index (χ3n) is 3.32. The quantitative estimate of drug-likeness (QED) is 0.876. The van der Waals surface area contributed by atoms with Gasteiger partial charge in [-0.3, -0.25) is 4.68 Å². The molecule has 0 amide bonds. The van der Waals surface area contributed by atoms with Crippen molar-refractivity contribution >= 4 is 0 Å². The first-order valence-electron chi connectivity index (χ1n) is 7.17. The zero-order chi connectivity index (χ0) is 14.5. The second kappa shape index (κ2) is 6.66. The van der Waals surface area contributed by atoms with Crippen LogP contribution in [0.3, 0.4) is 0 Å². The average Bonchev–Trinajstić information content (AvgIpc) is 2.78. The Morgan fingerprint density at radius 1 is 1.25 bits per heavy atom. The van der Waals surface area contributed by atoms with E-state index in [1.807, 2.05) is 24.0 Å². The zero-order valence-corrected chi connectivity index (χ0v) is 12.4. The number of halogens is 1. The van der Waals surface area contributed by atoms with Gasteiger partial charge in [-0.1, -0.05) is 26.3 Å². The standard InChI is InChI=1S/C16H22FN3/c1-4-6-16-15(11-20(3)19-16)14-9-13(17)8-7-12(14)10-18-5-2/h7-9,11,18H,4-6,10H2,1-3H3. The monoisotopic (exact) mass is 275 g/mol. The molecule has 1 heterocycles. The maximum absolute atomic E-state index is 13.6. The van der Waals surface area contributed by atoms with Crippen LogP contribution in [0.5, 0.6) is 0 Å². The highest BCUT2D eigenvalue weighted by atomic mass is 19.1. The number of nitrogens with one attached hydrogen (secondary N) is 1. The van der Waals surface area contributed by atoms with Gasteiger partial charge < -0.3 is 5.32 Å². The Labute approximate surface area is 119 Å². The lowest BCUT2D eigenvalue weighted by atomic mass is 9.98. The first-order chi connectivity index (χ1) is 9.65. The lowest BCUT2D eigenvalue weighted by Crippen LogP contribution is -2.12. The van der Waals surface area contributed by atoms with Crippen LogP contribution in [0.1, 0.15) is 31.5 Å². The molecular weight excluding hydrogens is 253 g/mol. The van der Waals surface area contributed by atoms with Crippen molar-refractivity contribution in [3.8, 4) is 11.1 Å². The summed E-state index contributed by atoms with van der Waals surface area (Å²) in [7, 11) is 1.91. The topological polar surface area (TPSA) is 29.9 Å². The Hall–Kier alpha value is -1.68. The fraction of sp³-hybridized carbons (Fsp3) is 0.438. The third-order valence-corrected chi connectivity index (χ3v) is 3.32. The summed E-state index contributed by atoms with van der Waals surface area (Å²) in [6.07, 6.45) is 3.92. The van der Waals surface area contributed by atoms with Crippen molar-refractivity contribution in [3.05, 3.63) is 41.5 Å². The van der Waals surface area contributed by atoms with Gasteiger partial charge in [-0.05, 0) is 36.2 Å². The molecule has 0 saturated heterocycles. The van der Waals surface area contributed by atoms with Crippen LogP contribution in [0.15, 0.2) is 24.4 Å². The van der Waals surface area contributed by atoms with E-state index in [9.17, 15) is 4.39 Å². The summed E-state index contributed by atoms with van der Waals surface area (Å²) < 4.78 is 15.4. The minimum absolute atomic E-state index is 0.202. The molecule has 0 radical (unpaired) electrons. The minimum Gasteiger partial charge on any atom is -0.313 e. The molecule has 0 fully saturated rings. The number of nitrogens with zero attached hydrogens (tertiary/aromatic N) is 2. The first kappa shape index (κ1) is 14.7. The molecule has 2 rings (SSSR count). The Bertz CT molecular complexity index is 575. The number of aryl methyl sites for hydroxylation is 2. The molecule has 3 nitrogen and oxygen atoms in total. The summed E-state index contributed by atoms with van der Waals surface area (Å²) in [6.45, 7) is 5.83. The summed E-state index contributed by atoms with van der Waals surface area (Å²) in [5, 5.41) is 7.80. The smallest absolute Gasteiger partial charge is 0.123 e. The van der Waals surface area contributed by atoms with Gasteiger partial charge in [0.15, 0.2) is 0 Å². The molecular formula is C16H22FN3. The normalized spacial score (nSPS) is 11.0. The van der Waals surface area contributed by atoms with Gasteiger partial charge in [0.1, 0.15) is 5.82 Å². The van der Waals surface area contributed by atoms with Crippen LogP contribution in [-0.2, 0) is 20.0 Å². The maximum Gasteiger partial charge on any atom is 0.123 e. The van der Waals surface area contributed by atoms with Crippen LogP contribution in [0.4, 0.5) is 4.39 Å². The number of hydrogen-bond acceptors (Lipinski definition) is 2. The van der Waals surface area contributed by atoms with Crippen LogP contribution >= 0.6 is 0 Å². The molecule has 108 valence electrons. The molecule has 20 heavy (non-hydrogen) atoms. The summed E-state index contributed by atoms with van der Waals surface area (Å²) in [6, 6.07) is 4.99. The van der Waals surface area contributed by atoms with Gasteiger partial charge in [0, 0.05) is 25.4 Å². The van der Waals surface area contributed by atoms with Crippen LogP contribution in [0.2, 0.25) is 0 Å². The third kappa shape index (κ3) is 3.25. The number of aromatic nitrogens is 2. The molecule has 0 atom stereocenters. The van der Waals surface area contributed by atoms with E-state index in [1.165, 1.54) is 6.07 Å². The fourth-order valence-electron chi connectivity index (χ4n) is 2.39. The fourth-order valence-corrected chi connectivity index (χ4v) is 2.39. The average molecular weight is 275 g/mol. The van der Waals surface area contributed by atoms with Gasteiger partial charge in [-0.15, -0.1) is 0 Å². The highest BCUT2D eigenvalue weighted by Gasteiger charge is 2.13. The second-order valence-electron chi connectivity index (χ2n) is 4.99. The minimum atomic E-state index is -0.202. The van der Waals surface area contributed by atoms with E-state index in [-0.39, 0.29) is 5.82 Å². The Morgan fingerprint density at radius 2 is 2.05 bits per heavy atom. The molecule has 0 unspecified atom stereocenters. The molecule has 0 aliphatic carbocycles. The van der Waals surface area contributed by atoms with Crippen LogP contribution in [0.25, 0.3) is 11.1 Å². The molecule has 1 aromatic heterocycles. The van der Waals surface area contributed by atoms with Gasteiger partial charge >= 0.3 is 0 Å². The van der Waals surface area contributed by atoms with Crippen LogP contribution in [-0.4, -0.2) is 16.3 Å². The van der Waals surface area contributed by atoms with E-state index < -0.39 is 0 Å². The second-order valence-corrected chi connectivity index (χ2v) is 4.99. The van der Waals surface area contributed by atoms with Gasteiger partial charge in [-0.2, -0.15) is 5.10 Å². The van der Waals surface area contributed by atoms with E-state index in [4.69, 9.17) is 0 Å². The Kier molecular flexibility index (Phi) is 4.90. The Morgan fingerprint density at radius 3 is 2.75 bits per heavy atom. The summed E-state index contributed by atoms with van der Waals surface area (Å²) >= 11 is 0. The number of benzene rings is 1. The van der Waals surface area contributed by atoms with Crippen LogP contribution < -0.4 is 5.32 Å². The SMILES string of the molecule is CCCc1nn(C)cc1-c1cc(F)ccc1CNCC. The number of hydrogen-bond donors (Lipinski definition) is 1. The molecule has 1 N–H and O–H groups in total. The molecule has 0 aliphatic heterocycles. The molecule has 4 heteroatoms. The molecule has 0 bridgehead atoms. The van der Waals surface area contributed by atoms with Crippen molar-refractivity contribution in [1.82, 2.24) is 15.1 Å². The predicted molar refractivity (Wildman–Crippen MR) is 80.0 cm³/mol. The summed E-state index contributed by atoms with van der Waals surface area (Å²) in [5.74, 6) is -0.202. The van der Waals surface area contributed by atoms with E-state index in [1.54, 1.807) is 6.07 Å². The summed E-state index contributed by atoms with van der Waals surface area (Å²) in [4.78, 5) is 0. The van der Waals surface area contributed by atoms with Crippen molar-refractivity contribution in [1.29, 1.82) is 0 Å². The van der Waals surface area contributed by atoms with E-state index in [0.717, 1.165) is 48.3 Å². The Balaban J connectivity index is 2.47. The highest BCUT2D eigenvalue weighted by Crippen LogP contribution is 2.28. The van der Waals surface area contributed by atoms with Crippen molar-refractivity contribution in [2.24, 2.45) is 7.05 Å². The molecule has 1 aromatic carbocycles. The van der Waals surface area contributed by atoms with Gasteiger partial charge in [-0.25, -0.2) is 4.39 Å². The van der Waals surface area contributed by atoms with Crippen molar-refractivity contribution < 1.29 is 4.39 Å². The first-order valence-corrected chi connectivity index (χ1v) is 7.17. The molecule has 0 spiro atoms. The van der Waals surface area contributed by atoms with Crippen LogP contribution in [0, 0.1) is 5.82 Å². The largest absolute Gasteiger partial charge is 0.313 e. The van der Waals surface area contributed by atoms with Crippen molar-refractivity contribution in [2.75, 3.05) is 6.54 Å². The van der Waals surface area contributed by atoms with Gasteiger partial charge in [0.25, 0.3) is 0 Å².